The number of ether oxygens (including phenoxy) is 2. The Morgan fingerprint density at radius 2 is 1.80 bits per heavy atom. The van der Waals surface area contributed by atoms with Crippen LogP contribution in [-0.2, 0) is 11.4 Å². The molecule has 2 N–H and O–H groups in total. The van der Waals surface area contributed by atoms with E-state index in [-0.39, 0.29) is 18.3 Å². The first-order valence-electron chi connectivity index (χ1n) is 10.9. The lowest BCUT2D eigenvalue weighted by molar-refractivity contribution is -0.116. The zero-order chi connectivity index (χ0) is 24.2. The molecule has 1 aliphatic heterocycles. The molecule has 178 valence electrons. The number of thioether (sulfide) groups is 1. The number of carbonyl (C=O) groups is 1. The fourth-order valence-corrected chi connectivity index (χ4v) is 4.83. The minimum absolute atomic E-state index is 0.179. The second-order valence-corrected chi connectivity index (χ2v) is 8.83. The summed E-state index contributed by atoms with van der Waals surface area (Å²) in [5, 5.41) is 11.4. The average molecular weight is 492 g/mol. The summed E-state index contributed by atoms with van der Waals surface area (Å²) in [4.78, 5) is 13.4. The van der Waals surface area contributed by atoms with Crippen molar-refractivity contribution in [2.75, 3.05) is 17.9 Å². The molecule has 1 aliphatic rings. The zero-order valence-corrected chi connectivity index (χ0v) is 19.5. The van der Waals surface area contributed by atoms with Crippen LogP contribution in [0, 0.1) is 5.82 Å². The number of amides is 1. The first kappa shape index (κ1) is 22.7. The molecule has 0 saturated heterocycles. The van der Waals surface area contributed by atoms with Crippen molar-refractivity contribution >= 4 is 23.4 Å². The van der Waals surface area contributed by atoms with Crippen molar-refractivity contribution in [3.05, 3.63) is 96.1 Å². The molecule has 2 atom stereocenters. The molecule has 0 unspecified atom stereocenters. The van der Waals surface area contributed by atoms with Gasteiger partial charge in [-0.2, -0.15) is 0 Å². The number of benzene rings is 3. The van der Waals surface area contributed by atoms with Crippen LogP contribution in [0.5, 0.6) is 11.5 Å². The molecule has 2 heterocycles. The molecule has 4 aromatic rings. The molecule has 0 saturated carbocycles. The molecule has 3 aromatic carbocycles. The van der Waals surface area contributed by atoms with E-state index in [0.717, 1.165) is 5.56 Å². The third-order valence-electron chi connectivity index (χ3n) is 5.47. The number of fused-ring (bicyclic) bond motifs is 1. The molecular weight excluding hydrogens is 469 g/mol. The van der Waals surface area contributed by atoms with Gasteiger partial charge in [0.2, 0.25) is 11.1 Å². The lowest BCUT2D eigenvalue weighted by Crippen LogP contribution is -2.41. The molecule has 35 heavy (non-hydrogen) atoms. The van der Waals surface area contributed by atoms with E-state index >= 15 is 0 Å². The van der Waals surface area contributed by atoms with Gasteiger partial charge in [0.05, 0.1) is 18.8 Å². The second kappa shape index (κ2) is 10.1. The topological polar surface area (TPSA) is 90.3 Å². The highest BCUT2D eigenvalue weighted by molar-refractivity contribution is 8.00. The Labute approximate surface area is 205 Å². The maximum atomic E-state index is 13.6. The lowest BCUT2D eigenvalue weighted by atomic mass is 10.0. The normalized spacial score (nSPS) is 16.6. The summed E-state index contributed by atoms with van der Waals surface area (Å²) in [5.74, 6) is 1.20. The molecule has 0 spiro atoms. The van der Waals surface area contributed by atoms with E-state index in [9.17, 15) is 9.18 Å². The van der Waals surface area contributed by atoms with Crippen molar-refractivity contribution in [3.63, 3.8) is 0 Å². The fourth-order valence-electron chi connectivity index (χ4n) is 3.73. The van der Waals surface area contributed by atoms with Crippen LogP contribution in [0.25, 0.3) is 0 Å². The summed E-state index contributed by atoms with van der Waals surface area (Å²) < 4.78 is 26.6. The number of nitrogens with zero attached hydrogens (tertiary/aromatic N) is 3. The van der Waals surface area contributed by atoms with Crippen LogP contribution in [0.15, 0.2) is 84.0 Å². The van der Waals surface area contributed by atoms with E-state index in [1.165, 1.54) is 23.9 Å². The van der Waals surface area contributed by atoms with E-state index in [1.54, 1.807) is 36.1 Å². The Kier molecular flexibility index (Phi) is 6.53. The van der Waals surface area contributed by atoms with Gasteiger partial charge < -0.3 is 20.2 Å². The molecule has 10 heteroatoms. The van der Waals surface area contributed by atoms with E-state index in [2.05, 4.69) is 20.9 Å². The van der Waals surface area contributed by atoms with Crippen molar-refractivity contribution in [2.45, 2.75) is 23.1 Å². The summed E-state index contributed by atoms with van der Waals surface area (Å²) >= 11 is 1.27. The second-order valence-electron chi connectivity index (χ2n) is 7.72. The van der Waals surface area contributed by atoms with E-state index < -0.39 is 11.3 Å². The van der Waals surface area contributed by atoms with E-state index in [0.29, 0.717) is 28.2 Å². The zero-order valence-electron chi connectivity index (χ0n) is 18.7. The number of methoxy groups -OCH3 is 1. The van der Waals surface area contributed by atoms with Gasteiger partial charge in [0.15, 0.2) is 5.82 Å². The molecule has 8 nitrogen and oxygen atoms in total. The predicted octanol–water partition coefficient (Wildman–Crippen LogP) is 4.40. The van der Waals surface area contributed by atoms with Gasteiger partial charge in [-0.1, -0.05) is 54.2 Å². The Morgan fingerprint density at radius 1 is 1.06 bits per heavy atom. The Hall–Kier alpha value is -4.05. The van der Waals surface area contributed by atoms with Crippen LogP contribution in [0.4, 0.5) is 10.1 Å². The largest absolute Gasteiger partial charge is 0.495 e. The number of carbonyl (C=O) groups excluding carboxylic acids is 1. The number of anilines is 1. The van der Waals surface area contributed by atoms with Crippen molar-refractivity contribution < 1.29 is 18.7 Å². The summed E-state index contributed by atoms with van der Waals surface area (Å²) in [6.45, 7) is 0.179. The molecular formula is C25H22FN5O3S. The number of rotatable bonds is 7. The van der Waals surface area contributed by atoms with Gasteiger partial charge in [-0.25, -0.2) is 9.07 Å². The third kappa shape index (κ3) is 4.92. The number of hydrogen-bond acceptors (Lipinski definition) is 7. The molecule has 1 aromatic heterocycles. The highest BCUT2D eigenvalue weighted by Gasteiger charge is 2.38. The van der Waals surface area contributed by atoms with Crippen LogP contribution < -0.4 is 20.2 Å². The Balaban J connectivity index is 1.43. The number of hydrogen-bond donors (Lipinski definition) is 2. The minimum Gasteiger partial charge on any atom is -0.495 e. The number of halogens is 1. The summed E-state index contributed by atoms with van der Waals surface area (Å²) in [7, 11) is 1.55. The predicted molar refractivity (Wildman–Crippen MR) is 131 cm³/mol. The number of para-hydroxylation sites is 3. The van der Waals surface area contributed by atoms with Gasteiger partial charge >= 0.3 is 0 Å². The molecule has 0 radical (unpaired) electrons. The summed E-state index contributed by atoms with van der Waals surface area (Å²) in [5.41, 5.74) is 4.64. The average Bonchev–Trinajstić information content (AvgIpc) is 3.30. The molecule has 0 aliphatic carbocycles. The summed E-state index contributed by atoms with van der Waals surface area (Å²) in [6.07, 6.45) is 0. The van der Waals surface area contributed by atoms with Gasteiger partial charge in [0.25, 0.3) is 0 Å². The first-order chi connectivity index (χ1) is 17.1. The molecule has 1 amide bonds. The summed E-state index contributed by atoms with van der Waals surface area (Å²) in [6, 6.07) is 22.2. The van der Waals surface area contributed by atoms with Gasteiger partial charge in [-0.3, -0.25) is 4.79 Å². The maximum Gasteiger partial charge on any atom is 0.240 e. The Morgan fingerprint density at radius 3 is 2.57 bits per heavy atom. The standard InChI is InChI=1S/C25H22FN5O3S/c1-33-20-10-6-5-9-19(20)27-24(32)23-22(16-11-13-17(26)14-12-16)30-31-21(28-29-25(31)35-23)15-34-18-7-3-2-4-8-18/h2-14,22-23,30H,15H2,1H3,(H,27,32)/t22-,23+/m1/s1. The van der Waals surface area contributed by atoms with E-state index in [4.69, 9.17) is 9.47 Å². The SMILES string of the molecule is COc1ccccc1NC(=O)[C@H]1Sc2nnc(COc3ccccc3)n2N[C@@H]1c1ccc(F)cc1. The maximum absolute atomic E-state index is 13.6. The van der Waals surface area contributed by atoms with Crippen LogP contribution in [0.2, 0.25) is 0 Å². The third-order valence-corrected chi connectivity index (χ3v) is 6.68. The van der Waals surface area contributed by atoms with Gasteiger partial charge in [0, 0.05) is 0 Å². The van der Waals surface area contributed by atoms with E-state index in [1.807, 2.05) is 42.5 Å². The van der Waals surface area contributed by atoms with Crippen LogP contribution in [0.1, 0.15) is 17.4 Å². The fraction of sp³-hybridized carbons (Fsp3) is 0.160. The number of aromatic nitrogens is 3. The van der Waals surface area contributed by atoms with Gasteiger partial charge in [-0.15, -0.1) is 10.2 Å². The highest BCUT2D eigenvalue weighted by Crippen LogP contribution is 2.38. The van der Waals surface area contributed by atoms with Gasteiger partial charge in [-0.05, 0) is 42.0 Å². The van der Waals surface area contributed by atoms with Crippen molar-refractivity contribution in [1.82, 2.24) is 14.9 Å². The van der Waals surface area contributed by atoms with Crippen molar-refractivity contribution in [3.8, 4) is 11.5 Å². The quantitative estimate of drug-likeness (QED) is 0.396. The number of nitrogens with one attached hydrogen (secondary N) is 2. The van der Waals surface area contributed by atoms with Crippen molar-refractivity contribution in [1.29, 1.82) is 0 Å². The smallest absolute Gasteiger partial charge is 0.240 e. The molecule has 0 fully saturated rings. The molecule has 0 bridgehead atoms. The Bertz CT molecular complexity index is 1320. The molecule has 5 rings (SSSR count). The van der Waals surface area contributed by atoms with Crippen LogP contribution in [-0.4, -0.2) is 33.1 Å². The highest BCUT2D eigenvalue weighted by atomic mass is 32.2. The van der Waals surface area contributed by atoms with Crippen LogP contribution in [0.3, 0.4) is 0 Å². The lowest BCUT2D eigenvalue weighted by Gasteiger charge is -2.33. The first-order valence-corrected chi connectivity index (χ1v) is 11.7. The van der Waals surface area contributed by atoms with Gasteiger partial charge in [0.1, 0.15) is 29.2 Å². The van der Waals surface area contributed by atoms with Crippen LogP contribution >= 0.6 is 11.8 Å². The monoisotopic (exact) mass is 491 g/mol. The van der Waals surface area contributed by atoms with Crippen molar-refractivity contribution in [2.24, 2.45) is 0 Å². The minimum atomic E-state index is -0.620.